The van der Waals surface area contributed by atoms with Crippen LogP contribution in [-0.4, -0.2) is 41.8 Å². The van der Waals surface area contributed by atoms with Crippen LogP contribution >= 0.6 is 0 Å². The number of carboxylic acid groups (broad SMARTS) is 1. The van der Waals surface area contributed by atoms with Crippen LogP contribution in [0.15, 0.2) is 48.5 Å². The summed E-state index contributed by atoms with van der Waals surface area (Å²) in [6, 6.07) is 15.0. The Morgan fingerprint density at radius 1 is 1.00 bits per heavy atom. The van der Waals surface area contributed by atoms with Gasteiger partial charge in [-0.1, -0.05) is 68.8 Å². The van der Waals surface area contributed by atoms with Gasteiger partial charge in [0.1, 0.15) is 12.6 Å². The molecule has 0 unspecified atom stereocenters. The van der Waals surface area contributed by atoms with Crippen LogP contribution in [0.3, 0.4) is 0 Å². The van der Waals surface area contributed by atoms with E-state index in [9.17, 15) is 19.5 Å². The standard InChI is InChI=1S/C27H32N2O5/c1-16(2)14-24(25(30)28-23-13-7-12-21(23)26(31)32)29-27(33)34-15-22-19-10-5-3-8-17(19)18-9-4-6-11-20(18)22/h3-6,8-11,16,21-24H,7,12-15H2,1-2H3,(H,28,30)(H,29,33)(H,31,32)/t21-,23+,24+/m1/s1. The summed E-state index contributed by atoms with van der Waals surface area (Å²) in [5.74, 6) is -1.75. The van der Waals surface area contributed by atoms with Crippen molar-refractivity contribution < 1.29 is 24.2 Å². The Balaban J connectivity index is 1.40. The summed E-state index contributed by atoms with van der Waals surface area (Å²) in [6.45, 7) is 4.10. The fraction of sp³-hybridized carbons (Fsp3) is 0.444. The topological polar surface area (TPSA) is 105 Å². The number of benzene rings is 2. The van der Waals surface area contributed by atoms with Crippen LogP contribution in [0, 0.1) is 11.8 Å². The molecule has 0 saturated heterocycles. The summed E-state index contributed by atoms with van der Waals surface area (Å²) in [5, 5.41) is 15.0. The Morgan fingerprint density at radius 2 is 1.62 bits per heavy atom. The van der Waals surface area contributed by atoms with Gasteiger partial charge in [-0.25, -0.2) is 4.79 Å². The smallest absolute Gasteiger partial charge is 0.407 e. The molecule has 1 fully saturated rings. The second-order valence-corrected chi connectivity index (χ2v) is 9.64. The number of rotatable bonds is 8. The highest BCUT2D eigenvalue weighted by molar-refractivity contribution is 5.86. The number of nitrogens with one attached hydrogen (secondary N) is 2. The lowest BCUT2D eigenvalue weighted by molar-refractivity contribution is -0.142. The predicted molar refractivity (Wildman–Crippen MR) is 128 cm³/mol. The highest BCUT2D eigenvalue weighted by atomic mass is 16.5. The highest BCUT2D eigenvalue weighted by Crippen LogP contribution is 2.44. The number of alkyl carbamates (subject to hydrolysis) is 1. The minimum absolute atomic E-state index is 0.0645. The number of amides is 2. The zero-order valence-corrected chi connectivity index (χ0v) is 19.6. The molecule has 0 bridgehead atoms. The van der Waals surface area contributed by atoms with Gasteiger partial charge >= 0.3 is 12.1 Å². The van der Waals surface area contributed by atoms with Gasteiger partial charge < -0.3 is 20.5 Å². The van der Waals surface area contributed by atoms with Crippen molar-refractivity contribution in [2.45, 2.75) is 57.5 Å². The highest BCUT2D eigenvalue weighted by Gasteiger charge is 2.36. The van der Waals surface area contributed by atoms with Crippen molar-refractivity contribution in [2.24, 2.45) is 11.8 Å². The lowest BCUT2D eigenvalue weighted by Gasteiger charge is -2.24. The minimum Gasteiger partial charge on any atom is -0.481 e. The van der Waals surface area contributed by atoms with Crippen molar-refractivity contribution in [2.75, 3.05) is 6.61 Å². The van der Waals surface area contributed by atoms with Gasteiger partial charge in [0.05, 0.1) is 5.92 Å². The van der Waals surface area contributed by atoms with E-state index in [0.717, 1.165) is 28.7 Å². The Labute approximate surface area is 199 Å². The van der Waals surface area contributed by atoms with Crippen LogP contribution in [0.25, 0.3) is 11.1 Å². The van der Waals surface area contributed by atoms with Crippen LogP contribution in [0.1, 0.15) is 56.6 Å². The number of carboxylic acids is 1. The average molecular weight is 465 g/mol. The minimum atomic E-state index is -0.896. The number of carbonyl (C=O) groups excluding carboxylic acids is 2. The Bertz CT molecular complexity index is 1020. The Morgan fingerprint density at radius 3 is 2.21 bits per heavy atom. The lowest BCUT2D eigenvalue weighted by atomic mass is 9.98. The van der Waals surface area contributed by atoms with E-state index < -0.39 is 30.1 Å². The van der Waals surface area contributed by atoms with Gasteiger partial charge in [0.15, 0.2) is 0 Å². The van der Waals surface area contributed by atoms with Crippen LogP contribution in [0.4, 0.5) is 4.79 Å². The monoisotopic (exact) mass is 464 g/mol. The van der Waals surface area contributed by atoms with Crippen molar-refractivity contribution in [3.63, 3.8) is 0 Å². The molecule has 7 nitrogen and oxygen atoms in total. The summed E-state index contributed by atoms with van der Waals surface area (Å²) in [4.78, 5) is 37.1. The average Bonchev–Trinajstić information content (AvgIpc) is 3.39. The normalized spacial score (nSPS) is 19.9. The summed E-state index contributed by atoms with van der Waals surface area (Å²) in [6.07, 6.45) is 1.72. The van der Waals surface area contributed by atoms with E-state index in [0.29, 0.717) is 19.3 Å². The van der Waals surface area contributed by atoms with E-state index in [2.05, 4.69) is 34.9 Å². The molecule has 4 rings (SSSR count). The maximum absolute atomic E-state index is 13.0. The number of carbonyl (C=O) groups is 3. The molecule has 0 spiro atoms. The third-order valence-electron chi connectivity index (χ3n) is 6.82. The van der Waals surface area contributed by atoms with Gasteiger partial charge in [0, 0.05) is 12.0 Å². The van der Waals surface area contributed by atoms with Crippen LogP contribution in [0.5, 0.6) is 0 Å². The second-order valence-electron chi connectivity index (χ2n) is 9.64. The van der Waals surface area contributed by atoms with Gasteiger partial charge in [0.2, 0.25) is 5.91 Å². The molecule has 3 atom stereocenters. The largest absolute Gasteiger partial charge is 0.481 e. The quantitative estimate of drug-likeness (QED) is 0.540. The zero-order chi connectivity index (χ0) is 24.2. The molecule has 2 aliphatic rings. The summed E-state index contributed by atoms with van der Waals surface area (Å²) >= 11 is 0. The first-order valence-electron chi connectivity index (χ1n) is 12.0. The molecule has 0 aromatic heterocycles. The van der Waals surface area contributed by atoms with E-state index in [-0.39, 0.29) is 24.3 Å². The molecule has 1 saturated carbocycles. The zero-order valence-electron chi connectivity index (χ0n) is 19.6. The molecule has 2 amide bonds. The van der Waals surface area contributed by atoms with E-state index in [1.54, 1.807) is 0 Å². The van der Waals surface area contributed by atoms with Crippen LogP contribution in [-0.2, 0) is 14.3 Å². The molecule has 2 aliphatic carbocycles. The van der Waals surface area contributed by atoms with Gasteiger partial charge in [-0.15, -0.1) is 0 Å². The van der Waals surface area contributed by atoms with E-state index in [1.807, 2.05) is 38.1 Å². The van der Waals surface area contributed by atoms with Gasteiger partial charge in [0.25, 0.3) is 0 Å². The first-order valence-corrected chi connectivity index (χ1v) is 12.0. The van der Waals surface area contributed by atoms with Crippen LogP contribution in [0.2, 0.25) is 0 Å². The van der Waals surface area contributed by atoms with Crippen LogP contribution < -0.4 is 10.6 Å². The molecule has 180 valence electrons. The fourth-order valence-corrected chi connectivity index (χ4v) is 5.20. The first kappa shape index (κ1) is 23.8. The molecule has 0 heterocycles. The SMILES string of the molecule is CC(C)C[C@H](NC(=O)OCC1c2ccccc2-c2ccccc21)C(=O)N[C@H]1CCC[C@H]1C(=O)O. The molecule has 0 aliphatic heterocycles. The Hall–Kier alpha value is -3.35. The number of fused-ring (bicyclic) bond motifs is 3. The molecule has 0 radical (unpaired) electrons. The molecule has 2 aromatic carbocycles. The van der Waals surface area contributed by atoms with Crippen molar-refractivity contribution in [3.05, 3.63) is 59.7 Å². The van der Waals surface area contributed by atoms with Crippen molar-refractivity contribution in [1.82, 2.24) is 10.6 Å². The van der Waals surface area contributed by atoms with Crippen molar-refractivity contribution in [1.29, 1.82) is 0 Å². The molecule has 3 N–H and O–H groups in total. The van der Waals surface area contributed by atoms with E-state index >= 15 is 0 Å². The predicted octanol–water partition coefficient (Wildman–Crippen LogP) is 4.31. The second kappa shape index (κ2) is 10.3. The molecular formula is C27H32N2O5. The van der Waals surface area contributed by atoms with Gasteiger partial charge in [-0.3, -0.25) is 9.59 Å². The van der Waals surface area contributed by atoms with Crippen molar-refractivity contribution >= 4 is 18.0 Å². The number of hydrogen-bond acceptors (Lipinski definition) is 4. The molecule has 7 heteroatoms. The molecule has 34 heavy (non-hydrogen) atoms. The summed E-state index contributed by atoms with van der Waals surface area (Å²) in [7, 11) is 0. The number of ether oxygens (including phenoxy) is 1. The summed E-state index contributed by atoms with van der Waals surface area (Å²) < 4.78 is 5.61. The molecular weight excluding hydrogens is 432 g/mol. The maximum atomic E-state index is 13.0. The number of aliphatic carboxylic acids is 1. The van der Waals surface area contributed by atoms with E-state index in [1.165, 1.54) is 0 Å². The van der Waals surface area contributed by atoms with Gasteiger partial charge in [-0.05, 0) is 47.4 Å². The number of hydrogen-bond donors (Lipinski definition) is 3. The summed E-state index contributed by atoms with van der Waals surface area (Å²) in [5.41, 5.74) is 4.53. The third-order valence-corrected chi connectivity index (χ3v) is 6.82. The van der Waals surface area contributed by atoms with Crippen molar-refractivity contribution in [3.8, 4) is 11.1 Å². The Kier molecular flexibility index (Phi) is 7.20. The first-order chi connectivity index (χ1) is 16.3. The molecule has 2 aromatic rings. The maximum Gasteiger partial charge on any atom is 0.407 e. The lowest BCUT2D eigenvalue weighted by Crippen LogP contribution is -2.51. The van der Waals surface area contributed by atoms with E-state index in [4.69, 9.17) is 4.74 Å². The fourth-order valence-electron chi connectivity index (χ4n) is 5.20. The van der Waals surface area contributed by atoms with Gasteiger partial charge in [-0.2, -0.15) is 0 Å². The third kappa shape index (κ3) is 5.08.